The summed E-state index contributed by atoms with van der Waals surface area (Å²) in [5.74, 6) is 0.598. The van der Waals surface area contributed by atoms with Gasteiger partial charge in [-0.25, -0.2) is 4.98 Å². The summed E-state index contributed by atoms with van der Waals surface area (Å²) in [6, 6.07) is 54.4. The van der Waals surface area contributed by atoms with Gasteiger partial charge in [0.2, 0.25) is 5.89 Å². The molecule has 0 spiro atoms. The minimum atomic E-state index is 0.598. The van der Waals surface area contributed by atoms with Gasteiger partial charge in [-0.05, 0) is 76.5 Å². The van der Waals surface area contributed by atoms with Crippen molar-refractivity contribution >= 4 is 60.9 Å². The molecule has 0 aliphatic rings. The van der Waals surface area contributed by atoms with E-state index < -0.39 is 0 Å². The van der Waals surface area contributed by atoms with E-state index in [0.717, 1.165) is 55.7 Å². The first-order chi connectivity index (χ1) is 22.3. The number of benzene rings is 7. The number of fused-ring (bicyclic) bond motifs is 6. The zero-order chi connectivity index (χ0) is 29.7. The van der Waals surface area contributed by atoms with Crippen LogP contribution in [0.3, 0.4) is 0 Å². The minimum Gasteiger partial charge on any atom is -0.454 e. The van der Waals surface area contributed by atoms with Crippen LogP contribution in [-0.2, 0) is 0 Å². The van der Waals surface area contributed by atoms with Crippen molar-refractivity contribution in [1.82, 2.24) is 4.98 Å². The maximum absolute atomic E-state index is 6.65. The molecule has 0 saturated heterocycles. The lowest BCUT2D eigenvalue weighted by molar-refractivity contribution is 0.619. The largest absolute Gasteiger partial charge is 0.454 e. The van der Waals surface area contributed by atoms with Gasteiger partial charge in [0.05, 0.1) is 11.1 Å². The van der Waals surface area contributed by atoms with Crippen molar-refractivity contribution in [2.75, 3.05) is 4.90 Å². The Labute approximate surface area is 259 Å². The molecule has 0 radical (unpaired) electrons. The van der Waals surface area contributed by atoms with Gasteiger partial charge in [0.1, 0.15) is 11.1 Å². The van der Waals surface area contributed by atoms with E-state index in [1.165, 1.54) is 21.9 Å². The number of anilines is 3. The van der Waals surface area contributed by atoms with E-state index in [1.807, 2.05) is 48.5 Å². The van der Waals surface area contributed by atoms with Gasteiger partial charge in [0, 0.05) is 22.3 Å². The number of aromatic nitrogens is 1. The van der Waals surface area contributed by atoms with Crippen molar-refractivity contribution in [2.45, 2.75) is 0 Å². The maximum atomic E-state index is 6.65. The summed E-state index contributed by atoms with van der Waals surface area (Å²) in [6.07, 6.45) is 0. The van der Waals surface area contributed by atoms with Crippen molar-refractivity contribution < 1.29 is 8.83 Å². The number of hydrogen-bond acceptors (Lipinski definition) is 4. The summed E-state index contributed by atoms with van der Waals surface area (Å²) >= 11 is 0. The molecular formula is C41H26N2O2. The summed E-state index contributed by atoms with van der Waals surface area (Å²) in [5, 5.41) is 4.43. The normalized spacial score (nSPS) is 11.6. The number of furan rings is 1. The Morgan fingerprint density at radius 3 is 1.98 bits per heavy atom. The molecule has 0 N–H and O–H groups in total. The van der Waals surface area contributed by atoms with Crippen molar-refractivity contribution in [1.29, 1.82) is 0 Å². The minimum absolute atomic E-state index is 0.598. The first-order valence-electron chi connectivity index (χ1n) is 15.1. The molecule has 0 saturated carbocycles. The second kappa shape index (κ2) is 10.2. The molecular weight excluding hydrogens is 552 g/mol. The van der Waals surface area contributed by atoms with Crippen LogP contribution in [0, 0.1) is 0 Å². The average Bonchev–Trinajstić information content (AvgIpc) is 3.72. The Kier molecular flexibility index (Phi) is 5.78. The van der Waals surface area contributed by atoms with E-state index in [-0.39, 0.29) is 0 Å². The van der Waals surface area contributed by atoms with Crippen LogP contribution >= 0.6 is 0 Å². The molecule has 9 rings (SSSR count). The fraction of sp³-hybridized carbons (Fsp3) is 0. The van der Waals surface area contributed by atoms with Gasteiger partial charge >= 0.3 is 0 Å². The van der Waals surface area contributed by atoms with Crippen LogP contribution in [0.25, 0.3) is 66.4 Å². The first kappa shape index (κ1) is 25.4. The second-order valence-corrected chi connectivity index (χ2v) is 11.2. The van der Waals surface area contributed by atoms with Crippen LogP contribution in [-0.4, -0.2) is 4.98 Å². The van der Waals surface area contributed by atoms with E-state index in [1.54, 1.807) is 0 Å². The zero-order valence-electron chi connectivity index (χ0n) is 24.2. The lowest BCUT2D eigenvalue weighted by Gasteiger charge is -2.25. The first-order valence-corrected chi connectivity index (χ1v) is 15.1. The van der Waals surface area contributed by atoms with E-state index in [4.69, 9.17) is 13.8 Å². The van der Waals surface area contributed by atoms with Crippen LogP contribution in [0.1, 0.15) is 0 Å². The molecule has 4 heteroatoms. The van der Waals surface area contributed by atoms with Crippen molar-refractivity contribution in [3.63, 3.8) is 0 Å². The van der Waals surface area contributed by atoms with Crippen LogP contribution in [0.15, 0.2) is 167 Å². The molecule has 0 amide bonds. The predicted molar refractivity (Wildman–Crippen MR) is 184 cm³/mol. The van der Waals surface area contributed by atoms with Crippen molar-refractivity contribution in [3.8, 4) is 22.6 Å². The van der Waals surface area contributed by atoms with Crippen LogP contribution in [0.2, 0.25) is 0 Å². The standard InChI is InChI=1S/C41H26N2O2/c1-3-12-29(13-4-1)41-42-39-37(45-41)26-25-36-38(39)34-19-10-20-35(40(34)44-36)43(30-15-5-2-6-16-30)31-23-21-28(22-24-31)33-18-9-14-27-11-7-8-17-32(27)33/h1-26H. The second-order valence-electron chi connectivity index (χ2n) is 11.2. The highest BCUT2D eigenvalue weighted by molar-refractivity contribution is 6.19. The third kappa shape index (κ3) is 4.19. The number of nitrogens with zero attached hydrogens (tertiary/aromatic N) is 2. The van der Waals surface area contributed by atoms with Gasteiger partial charge in [-0.15, -0.1) is 0 Å². The molecule has 45 heavy (non-hydrogen) atoms. The fourth-order valence-corrected chi connectivity index (χ4v) is 6.41. The van der Waals surface area contributed by atoms with Gasteiger partial charge < -0.3 is 13.7 Å². The highest BCUT2D eigenvalue weighted by Crippen LogP contribution is 2.44. The Bertz CT molecular complexity index is 2470. The lowest BCUT2D eigenvalue weighted by Crippen LogP contribution is -2.10. The average molecular weight is 579 g/mol. The summed E-state index contributed by atoms with van der Waals surface area (Å²) < 4.78 is 12.9. The molecule has 2 aromatic heterocycles. The Hall–Kier alpha value is -6.13. The molecule has 0 unspecified atom stereocenters. The summed E-state index contributed by atoms with van der Waals surface area (Å²) in [4.78, 5) is 7.20. The van der Waals surface area contributed by atoms with Crippen molar-refractivity contribution in [3.05, 3.63) is 158 Å². The van der Waals surface area contributed by atoms with Crippen LogP contribution < -0.4 is 4.90 Å². The molecule has 0 bridgehead atoms. The Morgan fingerprint density at radius 2 is 1.13 bits per heavy atom. The van der Waals surface area contributed by atoms with E-state index in [0.29, 0.717) is 5.89 Å². The molecule has 0 fully saturated rings. The van der Waals surface area contributed by atoms with Gasteiger partial charge in [0.25, 0.3) is 0 Å². The van der Waals surface area contributed by atoms with Gasteiger partial charge in [-0.3, -0.25) is 0 Å². The number of hydrogen-bond donors (Lipinski definition) is 0. The van der Waals surface area contributed by atoms with Gasteiger partial charge in [-0.1, -0.05) is 103 Å². The molecule has 2 heterocycles. The Balaban J connectivity index is 1.21. The molecule has 0 aliphatic heterocycles. The molecule has 0 atom stereocenters. The summed E-state index contributed by atoms with van der Waals surface area (Å²) in [6.45, 7) is 0. The molecule has 9 aromatic rings. The Morgan fingerprint density at radius 1 is 0.467 bits per heavy atom. The molecule has 212 valence electrons. The summed E-state index contributed by atoms with van der Waals surface area (Å²) in [7, 11) is 0. The zero-order valence-corrected chi connectivity index (χ0v) is 24.2. The van der Waals surface area contributed by atoms with Crippen LogP contribution in [0.4, 0.5) is 17.1 Å². The number of oxazole rings is 1. The highest BCUT2D eigenvalue weighted by Gasteiger charge is 2.22. The molecule has 0 aliphatic carbocycles. The number of para-hydroxylation sites is 2. The number of rotatable bonds is 5. The van der Waals surface area contributed by atoms with E-state index in [2.05, 4.69) is 114 Å². The smallest absolute Gasteiger partial charge is 0.227 e. The molecule has 4 nitrogen and oxygen atoms in total. The third-order valence-electron chi connectivity index (χ3n) is 8.50. The summed E-state index contributed by atoms with van der Waals surface area (Å²) in [5.41, 5.74) is 9.47. The third-order valence-corrected chi connectivity index (χ3v) is 8.50. The lowest BCUT2D eigenvalue weighted by atomic mass is 9.98. The topological polar surface area (TPSA) is 42.4 Å². The fourth-order valence-electron chi connectivity index (χ4n) is 6.41. The SMILES string of the molecule is c1ccc(-c2nc3c(ccc4oc5c(N(c6ccccc6)c6ccc(-c7cccc8ccccc78)cc6)cccc5c43)o2)cc1. The van der Waals surface area contributed by atoms with E-state index in [9.17, 15) is 0 Å². The van der Waals surface area contributed by atoms with Gasteiger partial charge in [0.15, 0.2) is 11.2 Å². The van der Waals surface area contributed by atoms with Crippen LogP contribution in [0.5, 0.6) is 0 Å². The van der Waals surface area contributed by atoms with Gasteiger partial charge in [-0.2, -0.15) is 0 Å². The maximum Gasteiger partial charge on any atom is 0.227 e. The highest BCUT2D eigenvalue weighted by atomic mass is 16.4. The predicted octanol–water partition coefficient (Wildman–Crippen LogP) is 11.7. The molecule has 7 aromatic carbocycles. The van der Waals surface area contributed by atoms with Crippen molar-refractivity contribution in [2.24, 2.45) is 0 Å². The monoisotopic (exact) mass is 578 g/mol. The van der Waals surface area contributed by atoms with E-state index >= 15 is 0 Å². The quantitative estimate of drug-likeness (QED) is 0.204.